The Morgan fingerprint density at radius 2 is 2.07 bits per heavy atom. The third-order valence-electron chi connectivity index (χ3n) is 3.10. The molecule has 0 aromatic carbocycles. The molecule has 0 unspecified atom stereocenters. The highest BCUT2D eigenvalue weighted by Gasteiger charge is 2.25. The Morgan fingerprint density at radius 3 is 2.53 bits per heavy atom. The van der Waals surface area contributed by atoms with Crippen molar-refractivity contribution in [1.82, 2.24) is 4.90 Å². The molecule has 0 aromatic rings. The maximum Gasteiger partial charge on any atom is 0.234 e. The molecule has 1 saturated carbocycles. The van der Waals surface area contributed by atoms with Crippen LogP contribution in [0, 0.1) is 12.3 Å². The number of terminal acetylenes is 1. The van der Waals surface area contributed by atoms with Gasteiger partial charge in [0.2, 0.25) is 5.91 Å². The Labute approximate surface area is 92.0 Å². The highest BCUT2D eigenvalue weighted by atomic mass is 16.2. The van der Waals surface area contributed by atoms with Crippen LogP contribution in [0.25, 0.3) is 0 Å². The van der Waals surface area contributed by atoms with Crippen molar-refractivity contribution < 1.29 is 4.79 Å². The zero-order chi connectivity index (χ0) is 11.3. The van der Waals surface area contributed by atoms with Crippen LogP contribution in [-0.2, 0) is 4.79 Å². The molecule has 0 radical (unpaired) electrons. The standard InChI is InChI=1S/C12H20N2O/c1-3-5-12(15)14(4-2)11-8-6-10(13)7-9-11/h1,10-11H,4-9,13H2,2H3. The van der Waals surface area contributed by atoms with Gasteiger partial charge in [-0.05, 0) is 32.6 Å². The van der Waals surface area contributed by atoms with Crippen molar-refractivity contribution in [2.75, 3.05) is 6.54 Å². The van der Waals surface area contributed by atoms with Gasteiger partial charge in [0, 0.05) is 18.6 Å². The maximum absolute atomic E-state index is 11.7. The van der Waals surface area contributed by atoms with Gasteiger partial charge in [-0.3, -0.25) is 4.79 Å². The molecule has 1 rings (SSSR count). The van der Waals surface area contributed by atoms with Crippen molar-refractivity contribution in [2.45, 2.75) is 51.1 Å². The molecule has 0 aromatic heterocycles. The Kier molecular flexibility index (Phi) is 4.64. The molecule has 0 heterocycles. The van der Waals surface area contributed by atoms with E-state index in [1.807, 2.05) is 11.8 Å². The summed E-state index contributed by atoms with van der Waals surface area (Å²) >= 11 is 0. The van der Waals surface area contributed by atoms with Crippen molar-refractivity contribution in [2.24, 2.45) is 5.73 Å². The van der Waals surface area contributed by atoms with E-state index >= 15 is 0 Å². The first-order valence-corrected chi connectivity index (χ1v) is 5.67. The lowest BCUT2D eigenvalue weighted by Crippen LogP contribution is -2.43. The molecule has 1 aliphatic rings. The minimum atomic E-state index is 0.0838. The van der Waals surface area contributed by atoms with E-state index in [0.717, 1.165) is 32.2 Å². The third-order valence-corrected chi connectivity index (χ3v) is 3.10. The minimum absolute atomic E-state index is 0.0838. The summed E-state index contributed by atoms with van der Waals surface area (Å²) in [6.07, 6.45) is 9.45. The van der Waals surface area contributed by atoms with E-state index in [1.54, 1.807) is 0 Å². The summed E-state index contributed by atoms with van der Waals surface area (Å²) in [4.78, 5) is 13.6. The molecule has 3 heteroatoms. The lowest BCUT2D eigenvalue weighted by molar-refractivity contribution is -0.132. The van der Waals surface area contributed by atoms with Gasteiger partial charge >= 0.3 is 0 Å². The van der Waals surface area contributed by atoms with Gasteiger partial charge in [0.15, 0.2) is 0 Å². The summed E-state index contributed by atoms with van der Waals surface area (Å²) < 4.78 is 0. The largest absolute Gasteiger partial charge is 0.339 e. The number of hydrogen-bond donors (Lipinski definition) is 1. The van der Waals surface area contributed by atoms with E-state index in [-0.39, 0.29) is 12.3 Å². The second-order valence-electron chi connectivity index (χ2n) is 4.13. The molecule has 0 bridgehead atoms. The fourth-order valence-corrected chi connectivity index (χ4v) is 2.24. The van der Waals surface area contributed by atoms with Crippen molar-refractivity contribution in [3.05, 3.63) is 0 Å². The molecule has 2 N–H and O–H groups in total. The van der Waals surface area contributed by atoms with E-state index in [2.05, 4.69) is 5.92 Å². The van der Waals surface area contributed by atoms with Gasteiger partial charge in [-0.15, -0.1) is 6.42 Å². The van der Waals surface area contributed by atoms with Crippen LogP contribution in [0.2, 0.25) is 0 Å². The van der Waals surface area contributed by atoms with Gasteiger partial charge in [-0.2, -0.15) is 0 Å². The highest BCUT2D eigenvalue weighted by Crippen LogP contribution is 2.22. The molecule has 1 aliphatic carbocycles. The predicted octanol–water partition coefficient (Wildman–Crippen LogP) is 1.13. The van der Waals surface area contributed by atoms with Gasteiger partial charge < -0.3 is 10.6 Å². The van der Waals surface area contributed by atoms with Crippen LogP contribution in [0.1, 0.15) is 39.0 Å². The number of amides is 1. The van der Waals surface area contributed by atoms with Crippen molar-refractivity contribution in [3.8, 4) is 12.3 Å². The molecule has 0 saturated heterocycles. The first-order valence-electron chi connectivity index (χ1n) is 5.67. The fourth-order valence-electron chi connectivity index (χ4n) is 2.24. The molecular weight excluding hydrogens is 188 g/mol. The Balaban J connectivity index is 2.52. The zero-order valence-electron chi connectivity index (χ0n) is 9.41. The summed E-state index contributed by atoms with van der Waals surface area (Å²) in [5.74, 6) is 2.50. The normalized spacial score (nSPS) is 25.7. The molecule has 0 atom stereocenters. The quantitative estimate of drug-likeness (QED) is 0.707. The van der Waals surface area contributed by atoms with Gasteiger partial charge in [-0.1, -0.05) is 5.92 Å². The van der Waals surface area contributed by atoms with Gasteiger partial charge in [-0.25, -0.2) is 0 Å². The monoisotopic (exact) mass is 208 g/mol. The summed E-state index contributed by atoms with van der Waals surface area (Å²) in [5, 5.41) is 0. The first kappa shape index (κ1) is 12.1. The molecule has 1 amide bonds. The number of rotatable bonds is 3. The smallest absolute Gasteiger partial charge is 0.234 e. The van der Waals surface area contributed by atoms with E-state index in [9.17, 15) is 4.79 Å². The number of carbonyl (C=O) groups excluding carboxylic acids is 1. The van der Waals surface area contributed by atoms with Crippen LogP contribution < -0.4 is 5.73 Å². The van der Waals surface area contributed by atoms with Crippen LogP contribution >= 0.6 is 0 Å². The second kappa shape index (κ2) is 5.77. The van der Waals surface area contributed by atoms with Crippen molar-refractivity contribution >= 4 is 5.91 Å². The lowest BCUT2D eigenvalue weighted by Gasteiger charge is -2.35. The number of nitrogens with two attached hydrogens (primary N) is 1. The minimum Gasteiger partial charge on any atom is -0.339 e. The number of carbonyl (C=O) groups is 1. The number of hydrogen-bond acceptors (Lipinski definition) is 2. The third kappa shape index (κ3) is 3.24. The van der Waals surface area contributed by atoms with E-state index in [1.165, 1.54) is 0 Å². The average Bonchev–Trinajstić information content (AvgIpc) is 2.22. The molecule has 1 fully saturated rings. The van der Waals surface area contributed by atoms with Crippen LogP contribution in [0.5, 0.6) is 0 Å². The van der Waals surface area contributed by atoms with E-state index in [0.29, 0.717) is 12.1 Å². The Morgan fingerprint density at radius 1 is 1.47 bits per heavy atom. The topological polar surface area (TPSA) is 46.3 Å². The van der Waals surface area contributed by atoms with Crippen LogP contribution in [0.15, 0.2) is 0 Å². The lowest BCUT2D eigenvalue weighted by atomic mass is 9.90. The molecule has 15 heavy (non-hydrogen) atoms. The Hall–Kier alpha value is -1.01. The zero-order valence-corrected chi connectivity index (χ0v) is 9.41. The number of nitrogens with zero attached hydrogens (tertiary/aromatic N) is 1. The van der Waals surface area contributed by atoms with Crippen LogP contribution in [0.4, 0.5) is 0 Å². The average molecular weight is 208 g/mol. The predicted molar refractivity (Wildman–Crippen MR) is 61.1 cm³/mol. The highest BCUT2D eigenvalue weighted by molar-refractivity contribution is 5.78. The summed E-state index contributed by atoms with van der Waals surface area (Å²) in [6.45, 7) is 2.75. The summed E-state index contributed by atoms with van der Waals surface area (Å²) in [7, 11) is 0. The van der Waals surface area contributed by atoms with Gasteiger partial charge in [0.05, 0.1) is 6.42 Å². The molecular formula is C12H20N2O. The van der Waals surface area contributed by atoms with E-state index in [4.69, 9.17) is 12.2 Å². The molecule has 3 nitrogen and oxygen atoms in total. The molecule has 0 aliphatic heterocycles. The molecule has 0 spiro atoms. The van der Waals surface area contributed by atoms with Gasteiger partial charge in [0.25, 0.3) is 0 Å². The molecule has 84 valence electrons. The maximum atomic E-state index is 11.7. The second-order valence-corrected chi connectivity index (χ2v) is 4.13. The van der Waals surface area contributed by atoms with Crippen LogP contribution in [-0.4, -0.2) is 29.4 Å². The van der Waals surface area contributed by atoms with Crippen molar-refractivity contribution in [3.63, 3.8) is 0 Å². The SMILES string of the molecule is C#CCC(=O)N(CC)C1CCC(N)CC1. The Bertz CT molecular complexity index is 249. The van der Waals surface area contributed by atoms with E-state index < -0.39 is 0 Å². The van der Waals surface area contributed by atoms with Crippen LogP contribution in [0.3, 0.4) is 0 Å². The van der Waals surface area contributed by atoms with Crippen molar-refractivity contribution in [1.29, 1.82) is 0 Å². The first-order chi connectivity index (χ1) is 7.19. The summed E-state index contributed by atoms with van der Waals surface area (Å²) in [5.41, 5.74) is 5.84. The summed E-state index contributed by atoms with van der Waals surface area (Å²) in [6, 6.07) is 0.679. The fraction of sp³-hybridized carbons (Fsp3) is 0.750. The van der Waals surface area contributed by atoms with Gasteiger partial charge in [0.1, 0.15) is 0 Å².